The molecule has 2 heteroatoms. The van der Waals surface area contributed by atoms with Gasteiger partial charge in [0, 0.05) is 11.8 Å². The Morgan fingerprint density at radius 3 is 2.50 bits per heavy atom. The summed E-state index contributed by atoms with van der Waals surface area (Å²) in [6.45, 7) is 10.7. The number of carbonyl (C=O) groups is 1. The summed E-state index contributed by atoms with van der Waals surface area (Å²) in [7, 11) is 0. The SMILES string of the molecule is CC(=O)/C=C1\C[C@@]2(C)CCC[C@]2(C)C2=C1CC(C)(C)O2. The first-order valence-electron chi connectivity index (χ1n) is 7.81. The fourth-order valence-corrected chi connectivity index (χ4v) is 4.58. The Balaban J connectivity index is 2.15. The van der Waals surface area contributed by atoms with Crippen molar-refractivity contribution in [2.45, 2.75) is 72.3 Å². The maximum absolute atomic E-state index is 11.6. The molecule has 0 saturated heterocycles. The Kier molecular flexibility index (Phi) is 2.78. The smallest absolute Gasteiger partial charge is 0.152 e. The lowest BCUT2D eigenvalue weighted by atomic mass is 9.59. The van der Waals surface area contributed by atoms with Crippen molar-refractivity contribution in [2.75, 3.05) is 0 Å². The third kappa shape index (κ3) is 1.80. The first-order valence-corrected chi connectivity index (χ1v) is 7.81. The molecule has 2 atom stereocenters. The van der Waals surface area contributed by atoms with Crippen LogP contribution in [0.5, 0.6) is 0 Å². The Morgan fingerprint density at radius 1 is 1.15 bits per heavy atom. The number of carbonyl (C=O) groups excluding carboxylic acids is 1. The lowest BCUT2D eigenvalue weighted by Gasteiger charge is -2.46. The Bertz CT molecular complexity index is 538. The zero-order chi connectivity index (χ0) is 14.8. The van der Waals surface area contributed by atoms with Crippen molar-refractivity contribution in [1.82, 2.24) is 0 Å². The molecule has 0 bridgehead atoms. The highest BCUT2D eigenvalue weighted by Gasteiger charge is 2.58. The molecule has 1 saturated carbocycles. The molecule has 110 valence electrons. The summed E-state index contributed by atoms with van der Waals surface area (Å²) in [5.74, 6) is 1.35. The first-order chi connectivity index (χ1) is 9.17. The molecule has 1 fully saturated rings. The zero-order valence-corrected chi connectivity index (χ0v) is 13.4. The lowest BCUT2D eigenvalue weighted by molar-refractivity contribution is -0.112. The van der Waals surface area contributed by atoms with Crippen LogP contribution in [0, 0.1) is 10.8 Å². The largest absolute Gasteiger partial charge is 0.491 e. The molecule has 20 heavy (non-hydrogen) atoms. The number of allylic oxidation sites excluding steroid dienone is 3. The standard InChI is InChI=1S/C18H26O2/c1-12(19)9-13-10-17(4)7-6-8-18(17,5)15-14(13)11-16(2,3)20-15/h9H,6-8,10-11H2,1-5H3/b13-9+/t17-,18-/m1/s1. The van der Waals surface area contributed by atoms with Crippen LogP contribution < -0.4 is 0 Å². The molecule has 0 aromatic carbocycles. The molecule has 2 nitrogen and oxygen atoms in total. The van der Waals surface area contributed by atoms with Crippen LogP contribution in [0.3, 0.4) is 0 Å². The van der Waals surface area contributed by atoms with Gasteiger partial charge in [0.2, 0.25) is 0 Å². The number of ether oxygens (including phenoxy) is 1. The van der Waals surface area contributed by atoms with Gasteiger partial charge in [0.1, 0.15) is 11.4 Å². The van der Waals surface area contributed by atoms with Crippen molar-refractivity contribution in [3.05, 3.63) is 23.0 Å². The number of rotatable bonds is 1. The van der Waals surface area contributed by atoms with Crippen molar-refractivity contribution in [3.63, 3.8) is 0 Å². The Morgan fingerprint density at radius 2 is 1.85 bits per heavy atom. The first kappa shape index (κ1) is 13.9. The minimum Gasteiger partial charge on any atom is -0.491 e. The maximum Gasteiger partial charge on any atom is 0.152 e. The van der Waals surface area contributed by atoms with E-state index >= 15 is 0 Å². The molecule has 0 radical (unpaired) electrons. The number of ketones is 1. The number of hydrogen-bond donors (Lipinski definition) is 0. The van der Waals surface area contributed by atoms with Crippen molar-refractivity contribution >= 4 is 5.78 Å². The highest BCUT2D eigenvalue weighted by Crippen LogP contribution is 2.66. The normalized spacial score (nSPS) is 40.5. The third-order valence-electron chi connectivity index (χ3n) is 5.84. The van der Waals surface area contributed by atoms with Gasteiger partial charge in [-0.05, 0) is 62.7 Å². The average molecular weight is 274 g/mol. The number of hydrogen-bond acceptors (Lipinski definition) is 2. The second kappa shape index (κ2) is 3.99. The Labute approximate surface area is 122 Å². The molecule has 0 spiro atoms. The van der Waals surface area contributed by atoms with Crippen LogP contribution in [0.2, 0.25) is 0 Å². The van der Waals surface area contributed by atoms with Gasteiger partial charge in [-0.1, -0.05) is 20.3 Å². The maximum atomic E-state index is 11.6. The fourth-order valence-electron chi connectivity index (χ4n) is 4.58. The quantitative estimate of drug-likeness (QED) is 0.655. The molecule has 1 heterocycles. The van der Waals surface area contributed by atoms with Gasteiger partial charge in [-0.2, -0.15) is 0 Å². The van der Waals surface area contributed by atoms with Crippen LogP contribution >= 0.6 is 0 Å². The summed E-state index contributed by atoms with van der Waals surface area (Å²) in [5, 5.41) is 0. The predicted molar refractivity (Wildman–Crippen MR) is 80.3 cm³/mol. The van der Waals surface area contributed by atoms with Crippen LogP contribution in [-0.4, -0.2) is 11.4 Å². The van der Waals surface area contributed by atoms with Crippen molar-refractivity contribution in [3.8, 4) is 0 Å². The average Bonchev–Trinajstić information content (AvgIpc) is 2.77. The minimum atomic E-state index is -0.128. The summed E-state index contributed by atoms with van der Waals surface area (Å²) in [6.07, 6.45) is 7.53. The van der Waals surface area contributed by atoms with Gasteiger partial charge < -0.3 is 4.74 Å². The van der Waals surface area contributed by atoms with Crippen molar-refractivity contribution in [1.29, 1.82) is 0 Å². The number of fused-ring (bicyclic) bond motifs is 2. The third-order valence-corrected chi connectivity index (χ3v) is 5.84. The molecule has 0 N–H and O–H groups in total. The summed E-state index contributed by atoms with van der Waals surface area (Å²) < 4.78 is 6.37. The molecule has 0 unspecified atom stereocenters. The van der Waals surface area contributed by atoms with Gasteiger partial charge in [-0.15, -0.1) is 0 Å². The monoisotopic (exact) mass is 274 g/mol. The second-order valence-corrected chi connectivity index (χ2v) is 8.05. The lowest BCUT2D eigenvalue weighted by Crippen LogP contribution is -2.39. The Hall–Kier alpha value is -1.05. The highest BCUT2D eigenvalue weighted by molar-refractivity contribution is 5.89. The molecule has 0 aromatic heterocycles. The van der Waals surface area contributed by atoms with E-state index in [0.29, 0.717) is 0 Å². The van der Waals surface area contributed by atoms with E-state index in [4.69, 9.17) is 4.74 Å². The van der Waals surface area contributed by atoms with E-state index in [1.165, 1.54) is 36.2 Å². The van der Waals surface area contributed by atoms with E-state index in [-0.39, 0.29) is 22.2 Å². The van der Waals surface area contributed by atoms with Gasteiger partial charge in [0.05, 0.1) is 0 Å². The van der Waals surface area contributed by atoms with Gasteiger partial charge in [-0.25, -0.2) is 0 Å². The topological polar surface area (TPSA) is 26.3 Å². The van der Waals surface area contributed by atoms with Crippen LogP contribution in [0.15, 0.2) is 23.0 Å². The van der Waals surface area contributed by atoms with Crippen LogP contribution in [0.1, 0.15) is 66.7 Å². The molecular weight excluding hydrogens is 248 g/mol. The van der Waals surface area contributed by atoms with Gasteiger partial charge in [-0.3, -0.25) is 4.79 Å². The van der Waals surface area contributed by atoms with E-state index < -0.39 is 0 Å². The van der Waals surface area contributed by atoms with E-state index in [1.54, 1.807) is 6.92 Å². The summed E-state index contributed by atoms with van der Waals surface area (Å²) in [4.78, 5) is 11.6. The van der Waals surface area contributed by atoms with E-state index in [2.05, 4.69) is 27.7 Å². The van der Waals surface area contributed by atoms with Gasteiger partial charge in [0.15, 0.2) is 5.78 Å². The molecule has 1 aliphatic heterocycles. The van der Waals surface area contributed by atoms with Crippen LogP contribution in [0.4, 0.5) is 0 Å². The molecule has 2 aliphatic carbocycles. The van der Waals surface area contributed by atoms with Crippen LogP contribution in [0.25, 0.3) is 0 Å². The summed E-state index contributed by atoms with van der Waals surface area (Å²) in [6, 6.07) is 0. The van der Waals surface area contributed by atoms with Gasteiger partial charge >= 0.3 is 0 Å². The van der Waals surface area contributed by atoms with Gasteiger partial charge in [0.25, 0.3) is 0 Å². The molecule has 3 aliphatic rings. The van der Waals surface area contributed by atoms with E-state index in [9.17, 15) is 4.79 Å². The van der Waals surface area contributed by atoms with Crippen molar-refractivity contribution < 1.29 is 9.53 Å². The minimum absolute atomic E-state index is 0.128. The fraction of sp³-hybridized carbons (Fsp3) is 0.722. The zero-order valence-electron chi connectivity index (χ0n) is 13.4. The summed E-state index contributed by atoms with van der Waals surface area (Å²) >= 11 is 0. The van der Waals surface area contributed by atoms with Crippen LogP contribution in [-0.2, 0) is 9.53 Å². The second-order valence-electron chi connectivity index (χ2n) is 8.05. The highest BCUT2D eigenvalue weighted by atomic mass is 16.5. The molecule has 3 rings (SSSR count). The molecule has 0 amide bonds. The molecule has 0 aromatic rings. The molecular formula is C18H26O2. The summed E-state index contributed by atoms with van der Waals surface area (Å²) in [5.41, 5.74) is 2.84. The van der Waals surface area contributed by atoms with E-state index in [0.717, 1.165) is 12.8 Å². The van der Waals surface area contributed by atoms with Crippen molar-refractivity contribution in [2.24, 2.45) is 10.8 Å². The van der Waals surface area contributed by atoms with E-state index in [1.807, 2.05) is 6.08 Å². The predicted octanol–water partition coefficient (Wildman–Crippen LogP) is 4.56.